The number of hydrogen-bond acceptors (Lipinski definition) is 5. The van der Waals surface area contributed by atoms with Gasteiger partial charge in [0, 0.05) is 55.8 Å². The first-order chi connectivity index (χ1) is 14.5. The molecule has 1 aromatic heterocycles. The number of hydrogen-bond donors (Lipinski definition) is 0. The second-order valence-electron chi connectivity index (χ2n) is 9.03. The summed E-state index contributed by atoms with van der Waals surface area (Å²) in [6, 6.07) is 9.46. The first kappa shape index (κ1) is 21.5. The molecule has 0 radical (unpaired) electrons. The molecule has 162 valence electrons. The van der Waals surface area contributed by atoms with E-state index in [9.17, 15) is 4.79 Å². The van der Waals surface area contributed by atoms with E-state index >= 15 is 0 Å². The molecule has 1 amide bonds. The minimum absolute atomic E-state index is 0.217. The normalized spacial score (nSPS) is 23.6. The average molecular weight is 427 g/mol. The number of carbonyl (C=O) groups is 1. The van der Waals surface area contributed by atoms with E-state index in [1.807, 2.05) is 5.38 Å². The van der Waals surface area contributed by atoms with Crippen LogP contribution in [-0.4, -0.2) is 70.9 Å². The fourth-order valence-corrected chi connectivity index (χ4v) is 5.52. The molecule has 2 aromatic rings. The lowest BCUT2D eigenvalue weighted by Crippen LogP contribution is -2.48. The Morgan fingerprint density at radius 2 is 1.73 bits per heavy atom. The maximum atomic E-state index is 12.9. The van der Waals surface area contributed by atoms with Crippen LogP contribution in [0.2, 0.25) is 0 Å². The van der Waals surface area contributed by atoms with Gasteiger partial charge in [0.15, 0.2) is 0 Å². The van der Waals surface area contributed by atoms with Crippen LogP contribution in [0.5, 0.6) is 0 Å². The van der Waals surface area contributed by atoms with Gasteiger partial charge in [0.05, 0.1) is 12.1 Å². The molecule has 1 aromatic carbocycles. The van der Waals surface area contributed by atoms with Gasteiger partial charge in [-0.05, 0) is 45.7 Å². The molecule has 2 fully saturated rings. The highest BCUT2D eigenvalue weighted by atomic mass is 32.1. The molecule has 2 unspecified atom stereocenters. The van der Waals surface area contributed by atoms with Crippen molar-refractivity contribution in [3.05, 3.63) is 40.9 Å². The van der Waals surface area contributed by atoms with Crippen LogP contribution in [0.3, 0.4) is 0 Å². The van der Waals surface area contributed by atoms with Gasteiger partial charge in [0.2, 0.25) is 5.91 Å². The number of benzene rings is 1. The van der Waals surface area contributed by atoms with E-state index in [0.29, 0.717) is 18.5 Å². The van der Waals surface area contributed by atoms with Crippen LogP contribution in [-0.2, 0) is 17.8 Å². The summed E-state index contributed by atoms with van der Waals surface area (Å²) in [7, 11) is 2.19. The number of carbonyl (C=O) groups excluding carboxylic acids is 1. The summed E-state index contributed by atoms with van der Waals surface area (Å²) in [6.45, 7) is 9.92. The van der Waals surface area contributed by atoms with Crippen molar-refractivity contribution >= 4 is 17.2 Å². The van der Waals surface area contributed by atoms with Crippen molar-refractivity contribution in [1.29, 1.82) is 0 Å². The maximum absolute atomic E-state index is 12.9. The van der Waals surface area contributed by atoms with Crippen molar-refractivity contribution < 1.29 is 4.79 Å². The summed E-state index contributed by atoms with van der Waals surface area (Å²) in [5, 5.41) is 3.05. The highest BCUT2D eigenvalue weighted by Gasteiger charge is 2.29. The van der Waals surface area contributed by atoms with Gasteiger partial charge in [-0.3, -0.25) is 9.69 Å². The van der Waals surface area contributed by atoms with Gasteiger partial charge in [-0.25, -0.2) is 4.98 Å². The van der Waals surface area contributed by atoms with Gasteiger partial charge in [0.1, 0.15) is 5.01 Å². The number of likely N-dealkylation sites (tertiary alicyclic amines) is 1. The summed E-state index contributed by atoms with van der Waals surface area (Å²) >= 11 is 1.64. The van der Waals surface area contributed by atoms with Gasteiger partial charge in [0.25, 0.3) is 0 Å². The zero-order chi connectivity index (χ0) is 21.1. The van der Waals surface area contributed by atoms with Crippen molar-refractivity contribution in [2.75, 3.05) is 33.2 Å². The second kappa shape index (κ2) is 9.58. The summed E-state index contributed by atoms with van der Waals surface area (Å²) in [5.74, 6) is 0.217. The Labute approximate surface area is 184 Å². The Kier molecular flexibility index (Phi) is 6.86. The summed E-state index contributed by atoms with van der Waals surface area (Å²) in [6.07, 6.45) is 3.85. The third-order valence-corrected chi connectivity index (χ3v) is 7.51. The molecule has 5 nitrogen and oxygen atoms in total. The van der Waals surface area contributed by atoms with Gasteiger partial charge in [-0.15, -0.1) is 11.3 Å². The van der Waals surface area contributed by atoms with Gasteiger partial charge in [-0.2, -0.15) is 0 Å². The molecule has 0 N–H and O–H groups in total. The van der Waals surface area contributed by atoms with E-state index in [1.54, 1.807) is 11.3 Å². The molecule has 0 spiro atoms. The average Bonchev–Trinajstić information content (AvgIpc) is 3.18. The third-order valence-electron chi connectivity index (χ3n) is 6.57. The van der Waals surface area contributed by atoms with Gasteiger partial charge in [-0.1, -0.05) is 24.3 Å². The topological polar surface area (TPSA) is 39.7 Å². The summed E-state index contributed by atoms with van der Waals surface area (Å²) in [4.78, 5) is 24.6. The van der Waals surface area contributed by atoms with E-state index in [0.717, 1.165) is 61.8 Å². The molecule has 2 aliphatic heterocycles. The number of nitrogens with zero attached hydrogens (tertiary/aromatic N) is 4. The Hall–Kier alpha value is -1.76. The number of likely N-dealkylation sites (N-methyl/N-ethyl adjacent to an activating group) is 1. The Morgan fingerprint density at radius 1 is 1.07 bits per heavy atom. The Balaban J connectivity index is 1.36. The molecule has 3 heterocycles. The van der Waals surface area contributed by atoms with Crippen molar-refractivity contribution in [2.24, 2.45) is 0 Å². The van der Waals surface area contributed by atoms with Crippen LogP contribution in [0.25, 0.3) is 10.6 Å². The quantitative estimate of drug-likeness (QED) is 0.727. The Morgan fingerprint density at radius 3 is 2.40 bits per heavy atom. The van der Waals surface area contributed by atoms with Crippen molar-refractivity contribution in [3.63, 3.8) is 0 Å². The maximum Gasteiger partial charge on any atom is 0.229 e. The lowest BCUT2D eigenvalue weighted by Gasteiger charge is -2.39. The SMILES string of the molecule is CC1CCCC(C)N1C(=O)Cc1csc(-c2ccc(CN3CCN(C)CC3)cc2)n1. The van der Waals surface area contributed by atoms with Crippen LogP contribution in [0.4, 0.5) is 0 Å². The molecule has 2 atom stereocenters. The van der Waals surface area contributed by atoms with Crippen LogP contribution in [0.15, 0.2) is 29.6 Å². The van der Waals surface area contributed by atoms with E-state index in [1.165, 1.54) is 12.0 Å². The first-order valence-corrected chi connectivity index (χ1v) is 12.1. The van der Waals surface area contributed by atoms with Crippen molar-refractivity contribution in [2.45, 2.75) is 58.2 Å². The van der Waals surface area contributed by atoms with Gasteiger partial charge >= 0.3 is 0 Å². The molecule has 4 rings (SSSR count). The summed E-state index contributed by atoms with van der Waals surface area (Å²) < 4.78 is 0. The molecular formula is C24H34N4OS. The monoisotopic (exact) mass is 426 g/mol. The minimum atomic E-state index is 0.217. The molecule has 6 heteroatoms. The first-order valence-electron chi connectivity index (χ1n) is 11.3. The fourth-order valence-electron chi connectivity index (χ4n) is 4.70. The Bertz CT molecular complexity index is 831. The zero-order valence-corrected chi connectivity index (χ0v) is 19.3. The number of rotatable bonds is 5. The molecule has 2 aliphatic rings. The number of thiazole rings is 1. The van der Waals surface area contributed by atoms with Crippen LogP contribution in [0.1, 0.15) is 44.4 Å². The molecule has 30 heavy (non-hydrogen) atoms. The number of piperidine rings is 1. The predicted octanol–water partition coefficient (Wildman–Crippen LogP) is 3.89. The van der Waals surface area contributed by atoms with E-state index in [4.69, 9.17) is 4.98 Å². The highest BCUT2D eigenvalue weighted by molar-refractivity contribution is 7.13. The number of amides is 1. The molecule has 0 saturated carbocycles. The third kappa shape index (κ3) is 5.10. The predicted molar refractivity (Wildman–Crippen MR) is 124 cm³/mol. The van der Waals surface area contributed by atoms with Crippen LogP contribution in [0, 0.1) is 0 Å². The van der Waals surface area contributed by atoms with E-state index in [-0.39, 0.29) is 5.91 Å². The zero-order valence-electron chi connectivity index (χ0n) is 18.5. The molecule has 0 aliphatic carbocycles. The van der Waals surface area contributed by atoms with E-state index in [2.05, 4.69) is 59.9 Å². The second-order valence-corrected chi connectivity index (χ2v) is 9.89. The lowest BCUT2D eigenvalue weighted by atomic mass is 9.97. The van der Waals surface area contributed by atoms with Crippen LogP contribution < -0.4 is 0 Å². The molecule has 0 bridgehead atoms. The van der Waals surface area contributed by atoms with E-state index < -0.39 is 0 Å². The smallest absolute Gasteiger partial charge is 0.229 e. The molecule has 2 saturated heterocycles. The van der Waals surface area contributed by atoms with Crippen molar-refractivity contribution in [3.8, 4) is 10.6 Å². The van der Waals surface area contributed by atoms with Gasteiger partial charge < -0.3 is 9.80 Å². The highest BCUT2D eigenvalue weighted by Crippen LogP contribution is 2.27. The number of aromatic nitrogens is 1. The minimum Gasteiger partial charge on any atom is -0.337 e. The van der Waals surface area contributed by atoms with Crippen LogP contribution >= 0.6 is 11.3 Å². The summed E-state index contributed by atoms with van der Waals surface area (Å²) in [5.41, 5.74) is 3.38. The lowest BCUT2D eigenvalue weighted by molar-refractivity contribution is -0.136. The fraction of sp³-hybridized carbons (Fsp3) is 0.583. The molecular weight excluding hydrogens is 392 g/mol. The van der Waals surface area contributed by atoms with Crippen molar-refractivity contribution in [1.82, 2.24) is 19.7 Å². The largest absolute Gasteiger partial charge is 0.337 e. The standard InChI is InChI=1S/C24H34N4OS/c1-18-5-4-6-19(2)28(18)23(29)15-22-17-30-24(25-22)21-9-7-20(8-10-21)16-27-13-11-26(3)12-14-27/h7-10,17-19H,4-6,11-16H2,1-3H3. The number of piperazine rings is 1.